The Hall–Kier alpha value is -3.21. The Morgan fingerprint density at radius 3 is 2.12 bits per heavy atom. The number of aromatic nitrogens is 1. The third-order valence-electron chi connectivity index (χ3n) is 5.62. The topological polar surface area (TPSA) is 69.7 Å². The van der Waals surface area contributed by atoms with Crippen molar-refractivity contribution in [2.75, 3.05) is 21.2 Å². The van der Waals surface area contributed by atoms with E-state index in [1.807, 2.05) is 43.4 Å². The summed E-state index contributed by atoms with van der Waals surface area (Å²) in [6, 6.07) is 22.4. The van der Waals surface area contributed by atoms with Gasteiger partial charge in [-0.3, -0.25) is 4.90 Å². The van der Waals surface area contributed by atoms with Crippen LogP contribution in [-0.2, 0) is 0 Å². The van der Waals surface area contributed by atoms with E-state index in [1.54, 1.807) is 19.4 Å². The Morgan fingerprint density at radius 2 is 1.56 bits per heavy atom. The summed E-state index contributed by atoms with van der Waals surface area (Å²) in [5, 5.41) is 12.6. The highest BCUT2D eigenvalue weighted by atomic mass is 16.5. The number of hydroxylamine groups is 1. The van der Waals surface area contributed by atoms with E-state index in [2.05, 4.69) is 70.8 Å². The molecule has 3 aromatic rings. The first-order valence-electron chi connectivity index (χ1n) is 10.5. The molecular formula is C26H30N4O2. The van der Waals surface area contributed by atoms with Gasteiger partial charge in [-0.2, -0.15) is 5.48 Å². The SMILES string of the molecule is CNC(NO)C(C)N(C)C(c1ccccc1)c1ccc(C#Cc2ccc(OC)nc2)cc1. The monoisotopic (exact) mass is 430 g/mol. The molecule has 0 saturated carbocycles. The minimum atomic E-state index is -0.269. The van der Waals surface area contributed by atoms with Crippen LogP contribution in [0.5, 0.6) is 5.88 Å². The summed E-state index contributed by atoms with van der Waals surface area (Å²) in [5.74, 6) is 6.91. The normalized spacial score (nSPS) is 13.7. The predicted octanol–water partition coefficient (Wildman–Crippen LogP) is 3.42. The molecule has 0 saturated heterocycles. The van der Waals surface area contributed by atoms with Gasteiger partial charge < -0.3 is 15.3 Å². The van der Waals surface area contributed by atoms with Crippen LogP contribution in [0.1, 0.15) is 35.2 Å². The summed E-state index contributed by atoms with van der Waals surface area (Å²) in [4.78, 5) is 6.43. The number of nitrogens with one attached hydrogen (secondary N) is 2. The van der Waals surface area contributed by atoms with Crippen molar-refractivity contribution in [3.8, 4) is 17.7 Å². The van der Waals surface area contributed by atoms with E-state index >= 15 is 0 Å². The second-order valence-electron chi connectivity index (χ2n) is 7.58. The first-order chi connectivity index (χ1) is 15.6. The maximum Gasteiger partial charge on any atom is 0.212 e. The molecule has 0 aliphatic heterocycles. The molecule has 0 spiro atoms. The van der Waals surface area contributed by atoms with Crippen LogP contribution in [0.2, 0.25) is 0 Å². The van der Waals surface area contributed by atoms with Crippen LogP contribution in [-0.4, -0.2) is 48.5 Å². The van der Waals surface area contributed by atoms with Gasteiger partial charge in [-0.25, -0.2) is 4.98 Å². The Bertz CT molecular complexity index is 1020. The minimum Gasteiger partial charge on any atom is -0.481 e. The highest BCUT2D eigenvalue weighted by molar-refractivity contribution is 5.44. The molecule has 3 N–H and O–H groups in total. The second kappa shape index (κ2) is 11.4. The summed E-state index contributed by atoms with van der Waals surface area (Å²) in [6.07, 6.45) is 1.43. The van der Waals surface area contributed by atoms with Gasteiger partial charge in [0.1, 0.15) is 0 Å². The molecular weight excluding hydrogens is 400 g/mol. The van der Waals surface area contributed by atoms with Crippen molar-refractivity contribution in [2.45, 2.75) is 25.2 Å². The molecule has 32 heavy (non-hydrogen) atoms. The van der Waals surface area contributed by atoms with E-state index in [-0.39, 0.29) is 18.2 Å². The molecule has 1 heterocycles. The Kier molecular flexibility index (Phi) is 8.37. The molecule has 1 aromatic heterocycles. The molecule has 6 heteroatoms. The van der Waals surface area contributed by atoms with Gasteiger partial charge >= 0.3 is 0 Å². The van der Waals surface area contributed by atoms with Crippen LogP contribution in [0.25, 0.3) is 0 Å². The largest absolute Gasteiger partial charge is 0.481 e. The van der Waals surface area contributed by atoms with Crippen molar-refractivity contribution in [1.29, 1.82) is 0 Å². The fraction of sp³-hybridized carbons (Fsp3) is 0.269. The first kappa shape index (κ1) is 23.5. The van der Waals surface area contributed by atoms with Crippen molar-refractivity contribution >= 4 is 0 Å². The molecule has 0 bridgehead atoms. The molecule has 3 rings (SSSR count). The highest BCUT2D eigenvalue weighted by Crippen LogP contribution is 2.29. The van der Waals surface area contributed by atoms with Gasteiger partial charge in [-0.1, -0.05) is 54.3 Å². The van der Waals surface area contributed by atoms with E-state index < -0.39 is 0 Å². The average Bonchev–Trinajstić information content (AvgIpc) is 2.85. The summed E-state index contributed by atoms with van der Waals surface area (Å²) in [5.41, 5.74) is 6.44. The van der Waals surface area contributed by atoms with Crippen molar-refractivity contribution in [3.05, 3.63) is 95.2 Å². The van der Waals surface area contributed by atoms with Crippen LogP contribution in [0.15, 0.2) is 72.9 Å². The first-order valence-corrected chi connectivity index (χ1v) is 10.5. The number of nitrogens with zero attached hydrogens (tertiary/aromatic N) is 2. The van der Waals surface area contributed by atoms with E-state index in [9.17, 15) is 5.21 Å². The maximum absolute atomic E-state index is 9.52. The molecule has 166 valence electrons. The quantitative estimate of drug-likeness (QED) is 0.289. The number of likely N-dealkylation sites (N-methyl/N-ethyl adjacent to an activating group) is 2. The molecule has 3 unspecified atom stereocenters. The number of pyridine rings is 1. The fourth-order valence-electron chi connectivity index (χ4n) is 3.65. The van der Waals surface area contributed by atoms with Crippen molar-refractivity contribution in [3.63, 3.8) is 0 Å². The number of hydrogen-bond donors (Lipinski definition) is 3. The maximum atomic E-state index is 9.52. The molecule has 0 radical (unpaired) electrons. The van der Waals surface area contributed by atoms with Gasteiger partial charge in [-0.15, -0.1) is 0 Å². The zero-order valence-corrected chi connectivity index (χ0v) is 18.9. The van der Waals surface area contributed by atoms with Crippen LogP contribution in [0, 0.1) is 11.8 Å². The summed E-state index contributed by atoms with van der Waals surface area (Å²) in [7, 11) is 5.48. The number of rotatable bonds is 8. The lowest BCUT2D eigenvalue weighted by Gasteiger charge is -2.37. The van der Waals surface area contributed by atoms with Crippen LogP contribution in [0.3, 0.4) is 0 Å². The zero-order valence-electron chi connectivity index (χ0n) is 18.9. The van der Waals surface area contributed by atoms with Crippen molar-refractivity contribution in [2.24, 2.45) is 0 Å². The Morgan fingerprint density at radius 1 is 0.938 bits per heavy atom. The van der Waals surface area contributed by atoms with Crippen LogP contribution >= 0.6 is 0 Å². The van der Waals surface area contributed by atoms with Crippen LogP contribution < -0.4 is 15.5 Å². The molecule has 3 atom stereocenters. The van der Waals surface area contributed by atoms with E-state index in [0.717, 1.165) is 16.7 Å². The van der Waals surface area contributed by atoms with Gasteiger partial charge in [0, 0.05) is 29.4 Å². The lowest BCUT2D eigenvalue weighted by atomic mass is 9.95. The highest BCUT2D eigenvalue weighted by Gasteiger charge is 2.27. The Labute approximate surface area is 190 Å². The van der Waals surface area contributed by atoms with Gasteiger partial charge in [0.2, 0.25) is 5.88 Å². The van der Waals surface area contributed by atoms with E-state index in [4.69, 9.17) is 4.74 Å². The van der Waals surface area contributed by atoms with Crippen molar-refractivity contribution in [1.82, 2.24) is 20.7 Å². The number of hydrogen-bond acceptors (Lipinski definition) is 6. The van der Waals surface area contributed by atoms with E-state index in [0.29, 0.717) is 5.88 Å². The molecule has 0 fully saturated rings. The van der Waals surface area contributed by atoms with Gasteiger partial charge in [0.15, 0.2) is 0 Å². The Balaban J connectivity index is 1.87. The number of benzene rings is 2. The standard InChI is InChI=1S/C26H30N4O2/c1-19(26(27-2)29-31)30(3)25(22-8-6-5-7-9-22)23-15-12-20(13-16-23)10-11-21-14-17-24(32-4)28-18-21/h5-9,12-19,25-27,29,31H,1-4H3. The zero-order chi connectivity index (χ0) is 22.9. The third-order valence-corrected chi connectivity index (χ3v) is 5.62. The smallest absolute Gasteiger partial charge is 0.212 e. The molecule has 0 aliphatic rings. The molecule has 0 amide bonds. The van der Waals surface area contributed by atoms with Crippen molar-refractivity contribution < 1.29 is 9.94 Å². The predicted molar refractivity (Wildman–Crippen MR) is 126 cm³/mol. The molecule has 0 aliphatic carbocycles. The number of methoxy groups -OCH3 is 1. The van der Waals surface area contributed by atoms with Gasteiger partial charge in [-0.05, 0) is 50.3 Å². The van der Waals surface area contributed by atoms with E-state index in [1.165, 1.54) is 5.56 Å². The number of ether oxygens (including phenoxy) is 1. The van der Waals surface area contributed by atoms with Gasteiger partial charge in [0.05, 0.1) is 19.3 Å². The van der Waals surface area contributed by atoms with Crippen LogP contribution in [0.4, 0.5) is 0 Å². The fourth-order valence-corrected chi connectivity index (χ4v) is 3.65. The summed E-state index contributed by atoms with van der Waals surface area (Å²) < 4.78 is 5.08. The minimum absolute atomic E-state index is 0.0113. The van der Waals surface area contributed by atoms with Gasteiger partial charge in [0.25, 0.3) is 0 Å². The lowest BCUT2D eigenvalue weighted by Crippen LogP contribution is -2.53. The lowest BCUT2D eigenvalue weighted by molar-refractivity contribution is 0.0550. The average molecular weight is 431 g/mol. The third kappa shape index (κ3) is 5.72. The summed E-state index contributed by atoms with van der Waals surface area (Å²) >= 11 is 0. The summed E-state index contributed by atoms with van der Waals surface area (Å²) in [6.45, 7) is 2.07. The second-order valence-corrected chi connectivity index (χ2v) is 7.58. The molecule has 2 aromatic carbocycles. The molecule has 6 nitrogen and oxygen atoms in total.